The van der Waals surface area contributed by atoms with E-state index in [0.717, 1.165) is 12.1 Å². The molecule has 0 radical (unpaired) electrons. The molecule has 1 aromatic carbocycles. The predicted octanol–water partition coefficient (Wildman–Crippen LogP) is 1.62. The summed E-state index contributed by atoms with van der Waals surface area (Å²) in [6.45, 7) is 1.58. The molecular formula is C11H14FN3O3. The van der Waals surface area contributed by atoms with Crippen LogP contribution >= 0.6 is 0 Å². The molecule has 0 spiro atoms. The van der Waals surface area contributed by atoms with E-state index < -0.39 is 22.5 Å². The van der Waals surface area contributed by atoms with Crippen LogP contribution in [0.15, 0.2) is 18.2 Å². The second kappa shape index (κ2) is 5.44. The van der Waals surface area contributed by atoms with Crippen molar-refractivity contribution < 1.29 is 14.1 Å². The molecule has 0 aliphatic heterocycles. The van der Waals surface area contributed by atoms with Gasteiger partial charge in [0.25, 0.3) is 5.69 Å². The Balaban J connectivity index is 2.97. The summed E-state index contributed by atoms with van der Waals surface area (Å²) in [5.41, 5.74) is -0.280. The number of nitrogens with one attached hydrogen (secondary N) is 1. The number of likely N-dealkylation sites (N-methyl/N-ethyl adjacent to an activating group) is 1. The second-order valence-corrected chi connectivity index (χ2v) is 4.02. The number of nitro groups is 1. The Morgan fingerprint density at radius 1 is 1.50 bits per heavy atom. The maximum atomic E-state index is 12.9. The SMILES string of the molecule is C[C@H](Nc1ccc(F)cc1[N+](=O)[O-])C(=O)N(C)C. The molecule has 1 rings (SSSR count). The molecule has 0 saturated carbocycles. The minimum absolute atomic E-state index is 0.115. The van der Waals surface area contributed by atoms with E-state index in [4.69, 9.17) is 0 Å². The maximum absolute atomic E-state index is 12.9. The first-order chi connectivity index (χ1) is 8.32. The zero-order chi connectivity index (χ0) is 13.9. The van der Waals surface area contributed by atoms with Gasteiger partial charge in [0.1, 0.15) is 17.5 Å². The number of carbonyl (C=O) groups excluding carboxylic acids is 1. The Kier molecular flexibility index (Phi) is 4.19. The molecular weight excluding hydrogens is 241 g/mol. The summed E-state index contributed by atoms with van der Waals surface area (Å²) in [4.78, 5) is 23.0. The molecule has 0 heterocycles. The molecule has 0 saturated heterocycles. The van der Waals surface area contributed by atoms with Gasteiger partial charge in [-0.1, -0.05) is 0 Å². The Morgan fingerprint density at radius 3 is 2.61 bits per heavy atom. The molecule has 0 aliphatic rings. The number of halogens is 1. The molecule has 0 unspecified atom stereocenters. The average molecular weight is 255 g/mol. The van der Waals surface area contributed by atoms with Gasteiger partial charge in [0, 0.05) is 14.1 Å². The summed E-state index contributed by atoms with van der Waals surface area (Å²) < 4.78 is 12.9. The molecule has 1 atom stereocenters. The summed E-state index contributed by atoms with van der Waals surface area (Å²) in [7, 11) is 3.17. The molecule has 7 heteroatoms. The largest absolute Gasteiger partial charge is 0.368 e. The highest BCUT2D eigenvalue weighted by Crippen LogP contribution is 2.25. The van der Waals surface area contributed by atoms with Crippen molar-refractivity contribution >= 4 is 17.3 Å². The lowest BCUT2D eigenvalue weighted by molar-refractivity contribution is -0.384. The molecule has 18 heavy (non-hydrogen) atoms. The van der Waals surface area contributed by atoms with Crippen LogP contribution in [0.5, 0.6) is 0 Å². The van der Waals surface area contributed by atoms with Gasteiger partial charge in [-0.2, -0.15) is 0 Å². The van der Waals surface area contributed by atoms with Crippen LogP contribution in [0.1, 0.15) is 6.92 Å². The summed E-state index contributed by atoms with van der Waals surface area (Å²) in [6, 6.07) is 2.52. The summed E-state index contributed by atoms with van der Waals surface area (Å²) >= 11 is 0. The van der Waals surface area contributed by atoms with Gasteiger partial charge in [-0.15, -0.1) is 0 Å². The minimum Gasteiger partial charge on any atom is -0.368 e. The van der Waals surface area contributed by atoms with Crippen LogP contribution in [0, 0.1) is 15.9 Å². The van der Waals surface area contributed by atoms with Crippen molar-refractivity contribution in [3.63, 3.8) is 0 Å². The maximum Gasteiger partial charge on any atom is 0.295 e. The van der Waals surface area contributed by atoms with Gasteiger partial charge in [-0.25, -0.2) is 4.39 Å². The first kappa shape index (κ1) is 13.9. The smallest absolute Gasteiger partial charge is 0.295 e. The van der Waals surface area contributed by atoms with E-state index in [-0.39, 0.29) is 11.6 Å². The van der Waals surface area contributed by atoms with Crippen LogP contribution in [-0.2, 0) is 4.79 Å². The third-order valence-electron chi connectivity index (χ3n) is 2.34. The number of benzene rings is 1. The standard InChI is InChI=1S/C11H14FN3O3/c1-7(11(16)14(2)3)13-9-5-4-8(12)6-10(9)15(17)18/h4-7,13H,1-3H3/t7-/m0/s1. The summed E-state index contributed by atoms with van der Waals surface area (Å²) in [5, 5.41) is 13.5. The number of anilines is 1. The third-order valence-corrected chi connectivity index (χ3v) is 2.34. The van der Waals surface area contributed by atoms with Crippen molar-refractivity contribution in [1.29, 1.82) is 0 Å². The highest BCUT2D eigenvalue weighted by molar-refractivity contribution is 5.84. The Morgan fingerprint density at radius 2 is 2.11 bits per heavy atom. The molecule has 1 aromatic rings. The van der Waals surface area contributed by atoms with Crippen molar-refractivity contribution in [2.45, 2.75) is 13.0 Å². The van der Waals surface area contributed by atoms with Crippen molar-refractivity contribution in [3.05, 3.63) is 34.1 Å². The first-order valence-electron chi connectivity index (χ1n) is 5.24. The van der Waals surface area contributed by atoms with Gasteiger partial charge in [0.15, 0.2) is 0 Å². The number of hydrogen-bond acceptors (Lipinski definition) is 4. The van der Waals surface area contributed by atoms with Crippen LogP contribution < -0.4 is 5.32 Å². The average Bonchev–Trinajstić information content (AvgIpc) is 2.29. The van der Waals surface area contributed by atoms with Crippen LogP contribution in [0.3, 0.4) is 0 Å². The molecule has 1 amide bonds. The van der Waals surface area contributed by atoms with E-state index in [1.54, 1.807) is 21.0 Å². The molecule has 0 aromatic heterocycles. The third kappa shape index (κ3) is 3.16. The molecule has 1 N–H and O–H groups in total. The monoisotopic (exact) mass is 255 g/mol. The molecule has 0 aliphatic carbocycles. The molecule has 0 bridgehead atoms. The topological polar surface area (TPSA) is 75.5 Å². The van der Waals surface area contributed by atoms with Gasteiger partial charge in [-0.05, 0) is 19.1 Å². The number of amides is 1. The van der Waals surface area contributed by atoms with Gasteiger partial charge in [-0.3, -0.25) is 14.9 Å². The van der Waals surface area contributed by atoms with Crippen molar-refractivity contribution in [2.24, 2.45) is 0 Å². The fourth-order valence-corrected chi connectivity index (χ4v) is 1.46. The van der Waals surface area contributed by atoms with Crippen LogP contribution in [-0.4, -0.2) is 35.9 Å². The van der Waals surface area contributed by atoms with E-state index in [1.165, 1.54) is 11.0 Å². The minimum atomic E-state index is -0.696. The zero-order valence-electron chi connectivity index (χ0n) is 10.3. The van der Waals surface area contributed by atoms with Crippen LogP contribution in [0.4, 0.5) is 15.8 Å². The Labute approximate surface area is 104 Å². The van der Waals surface area contributed by atoms with E-state index >= 15 is 0 Å². The fraction of sp³-hybridized carbons (Fsp3) is 0.364. The lowest BCUT2D eigenvalue weighted by atomic mass is 10.2. The number of hydrogen-bond donors (Lipinski definition) is 1. The number of nitrogens with zero attached hydrogens (tertiary/aromatic N) is 2. The summed E-state index contributed by atoms with van der Waals surface area (Å²) in [5.74, 6) is -0.924. The highest BCUT2D eigenvalue weighted by Gasteiger charge is 2.20. The molecule has 98 valence electrons. The number of nitro benzene ring substituents is 1. The normalized spacial score (nSPS) is 11.8. The number of rotatable bonds is 4. The zero-order valence-corrected chi connectivity index (χ0v) is 10.3. The molecule has 0 fully saturated rings. The van der Waals surface area contributed by atoms with Crippen molar-refractivity contribution in [2.75, 3.05) is 19.4 Å². The lowest BCUT2D eigenvalue weighted by Gasteiger charge is -2.18. The Hall–Kier alpha value is -2.18. The second-order valence-electron chi connectivity index (χ2n) is 4.02. The number of carbonyl (C=O) groups is 1. The van der Waals surface area contributed by atoms with Crippen molar-refractivity contribution in [1.82, 2.24) is 4.90 Å². The van der Waals surface area contributed by atoms with Gasteiger partial charge < -0.3 is 10.2 Å². The van der Waals surface area contributed by atoms with E-state index in [0.29, 0.717) is 0 Å². The fourth-order valence-electron chi connectivity index (χ4n) is 1.46. The molecule has 6 nitrogen and oxygen atoms in total. The predicted molar refractivity (Wildman–Crippen MR) is 64.8 cm³/mol. The first-order valence-corrected chi connectivity index (χ1v) is 5.24. The van der Waals surface area contributed by atoms with Gasteiger partial charge >= 0.3 is 0 Å². The Bertz CT molecular complexity index is 477. The lowest BCUT2D eigenvalue weighted by Crippen LogP contribution is -2.36. The van der Waals surface area contributed by atoms with Gasteiger partial charge in [0.05, 0.1) is 11.0 Å². The van der Waals surface area contributed by atoms with Crippen molar-refractivity contribution in [3.8, 4) is 0 Å². The quantitative estimate of drug-likeness (QED) is 0.655. The highest BCUT2D eigenvalue weighted by atomic mass is 19.1. The van der Waals surface area contributed by atoms with Gasteiger partial charge in [0.2, 0.25) is 5.91 Å². The summed E-state index contributed by atoms with van der Waals surface area (Å²) in [6.07, 6.45) is 0. The van der Waals surface area contributed by atoms with E-state index in [2.05, 4.69) is 5.32 Å². The van der Waals surface area contributed by atoms with E-state index in [1.807, 2.05) is 0 Å². The van der Waals surface area contributed by atoms with E-state index in [9.17, 15) is 19.3 Å². The van der Waals surface area contributed by atoms with Crippen LogP contribution in [0.25, 0.3) is 0 Å². The van der Waals surface area contributed by atoms with Crippen LogP contribution in [0.2, 0.25) is 0 Å².